The lowest BCUT2D eigenvalue weighted by atomic mass is 10.00. The van der Waals surface area contributed by atoms with Crippen molar-refractivity contribution < 1.29 is 14.0 Å². The number of furan rings is 1. The van der Waals surface area contributed by atoms with E-state index in [-0.39, 0.29) is 17.9 Å². The number of carbonyl (C=O) groups is 2. The summed E-state index contributed by atoms with van der Waals surface area (Å²) >= 11 is 0. The molecule has 2 heterocycles. The molecule has 3 rings (SSSR count). The molecule has 2 aromatic rings. The van der Waals surface area contributed by atoms with Crippen molar-refractivity contribution in [3.63, 3.8) is 0 Å². The molecule has 0 bridgehead atoms. The Morgan fingerprint density at radius 1 is 1.33 bits per heavy atom. The van der Waals surface area contributed by atoms with Gasteiger partial charge in [-0.1, -0.05) is 0 Å². The van der Waals surface area contributed by atoms with Crippen LogP contribution in [-0.2, 0) is 11.2 Å². The summed E-state index contributed by atoms with van der Waals surface area (Å²) in [5, 5.41) is 5.78. The number of carbonyl (C=O) groups excluding carboxylic acids is 2. The van der Waals surface area contributed by atoms with Crippen molar-refractivity contribution in [3.8, 4) is 0 Å². The molecule has 1 aromatic heterocycles. The van der Waals surface area contributed by atoms with Gasteiger partial charge in [0.25, 0.3) is 5.91 Å². The van der Waals surface area contributed by atoms with E-state index >= 15 is 0 Å². The highest BCUT2D eigenvalue weighted by molar-refractivity contribution is 5.97. The van der Waals surface area contributed by atoms with Crippen molar-refractivity contribution in [2.75, 3.05) is 26.0 Å². The average Bonchev–Trinajstić information content (AvgIpc) is 3.08. The van der Waals surface area contributed by atoms with Gasteiger partial charge < -0.3 is 15.1 Å². The van der Waals surface area contributed by atoms with Crippen LogP contribution in [0, 0.1) is 0 Å². The van der Waals surface area contributed by atoms with Crippen LogP contribution in [0.3, 0.4) is 0 Å². The number of likely N-dealkylation sites (N-methyl/N-ethyl adjacent to an activating group) is 1. The van der Waals surface area contributed by atoms with Gasteiger partial charge in [-0.15, -0.1) is 0 Å². The van der Waals surface area contributed by atoms with Crippen LogP contribution in [0.25, 0.3) is 0 Å². The number of hydrogen-bond donors (Lipinski definition) is 2. The normalized spacial score (nSPS) is 14.9. The molecule has 6 nitrogen and oxygen atoms in total. The maximum Gasteiger partial charge on any atom is 0.251 e. The summed E-state index contributed by atoms with van der Waals surface area (Å²) in [6.07, 6.45) is 2.75. The van der Waals surface area contributed by atoms with Crippen molar-refractivity contribution >= 4 is 17.5 Å². The van der Waals surface area contributed by atoms with Crippen molar-refractivity contribution in [1.82, 2.24) is 10.2 Å². The first kappa shape index (κ1) is 16.3. The van der Waals surface area contributed by atoms with E-state index in [1.54, 1.807) is 18.4 Å². The molecule has 0 fully saturated rings. The third-order valence-corrected chi connectivity index (χ3v) is 4.21. The van der Waals surface area contributed by atoms with E-state index in [1.165, 1.54) is 0 Å². The van der Waals surface area contributed by atoms with Gasteiger partial charge in [-0.2, -0.15) is 0 Å². The second-order valence-corrected chi connectivity index (χ2v) is 6.12. The number of fused-ring (bicyclic) bond motifs is 1. The van der Waals surface area contributed by atoms with E-state index in [0.29, 0.717) is 24.9 Å². The number of rotatable bonds is 5. The topological polar surface area (TPSA) is 74.6 Å². The molecule has 0 saturated carbocycles. The number of anilines is 1. The number of amides is 2. The van der Waals surface area contributed by atoms with Crippen molar-refractivity contribution in [2.24, 2.45) is 0 Å². The highest BCUT2D eigenvalue weighted by Gasteiger charge is 2.20. The maximum absolute atomic E-state index is 12.4. The molecule has 2 amide bonds. The van der Waals surface area contributed by atoms with Gasteiger partial charge in [0.05, 0.1) is 12.3 Å². The molecule has 1 aliphatic heterocycles. The van der Waals surface area contributed by atoms with Gasteiger partial charge in [0.1, 0.15) is 5.76 Å². The summed E-state index contributed by atoms with van der Waals surface area (Å²) in [6.45, 7) is 0.452. The Labute approximate surface area is 140 Å². The van der Waals surface area contributed by atoms with Gasteiger partial charge in [0.2, 0.25) is 5.91 Å². The molecule has 1 atom stereocenters. The van der Waals surface area contributed by atoms with Gasteiger partial charge in [0.15, 0.2) is 0 Å². The monoisotopic (exact) mass is 327 g/mol. The fourth-order valence-electron chi connectivity index (χ4n) is 2.83. The Bertz CT molecular complexity index is 738. The molecule has 1 aliphatic rings. The number of aryl methyl sites for hydroxylation is 1. The van der Waals surface area contributed by atoms with E-state index < -0.39 is 0 Å². The highest BCUT2D eigenvalue weighted by Crippen LogP contribution is 2.24. The first-order valence-corrected chi connectivity index (χ1v) is 7.95. The van der Waals surface area contributed by atoms with Gasteiger partial charge >= 0.3 is 0 Å². The van der Waals surface area contributed by atoms with E-state index in [2.05, 4.69) is 10.6 Å². The molecular weight excluding hydrogens is 306 g/mol. The predicted octanol–water partition coefficient (Wildman–Crippen LogP) is 2.20. The molecule has 6 heteroatoms. The van der Waals surface area contributed by atoms with Gasteiger partial charge in [0, 0.05) is 24.2 Å². The standard InChI is InChI=1S/C18H21N3O3/c1-21(2)15(16-4-3-9-24-16)11-19-18(23)13-5-7-14-12(10-13)6-8-17(22)20-14/h3-5,7,9-10,15H,6,8,11H2,1-2H3,(H,19,23)(H,20,22)/t15-/m1/s1. The molecular formula is C18H21N3O3. The Hall–Kier alpha value is -2.60. The molecule has 2 N–H and O–H groups in total. The Kier molecular flexibility index (Phi) is 4.66. The highest BCUT2D eigenvalue weighted by atomic mass is 16.3. The summed E-state index contributed by atoms with van der Waals surface area (Å²) in [7, 11) is 3.89. The molecule has 0 unspecified atom stereocenters. The molecule has 0 saturated heterocycles. The minimum absolute atomic E-state index is 0.0203. The third-order valence-electron chi connectivity index (χ3n) is 4.21. The SMILES string of the molecule is CN(C)[C@H](CNC(=O)c1ccc2c(c1)CCC(=O)N2)c1ccco1. The molecule has 1 aromatic carbocycles. The van der Waals surface area contributed by atoms with Crippen LogP contribution in [0.4, 0.5) is 5.69 Å². The van der Waals surface area contributed by atoms with E-state index in [9.17, 15) is 9.59 Å². The zero-order valence-electron chi connectivity index (χ0n) is 13.8. The van der Waals surface area contributed by atoms with Crippen LogP contribution >= 0.6 is 0 Å². The summed E-state index contributed by atoms with van der Waals surface area (Å²) in [5.41, 5.74) is 2.39. The fourth-order valence-corrected chi connectivity index (χ4v) is 2.83. The predicted molar refractivity (Wildman–Crippen MR) is 90.9 cm³/mol. The van der Waals surface area contributed by atoms with Gasteiger partial charge in [-0.3, -0.25) is 14.5 Å². The molecule has 24 heavy (non-hydrogen) atoms. The number of hydrogen-bond acceptors (Lipinski definition) is 4. The van der Waals surface area contributed by atoms with Crippen LogP contribution in [-0.4, -0.2) is 37.4 Å². The lowest BCUT2D eigenvalue weighted by molar-refractivity contribution is -0.116. The molecule has 0 aliphatic carbocycles. The summed E-state index contributed by atoms with van der Waals surface area (Å²) in [6, 6.07) is 9.08. The second kappa shape index (κ2) is 6.88. The Morgan fingerprint density at radius 2 is 2.17 bits per heavy atom. The zero-order valence-corrected chi connectivity index (χ0v) is 13.8. The average molecular weight is 327 g/mol. The number of benzene rings is 1. The van der Waals surface area contributed by atoms with E-state index in [0.717, 1.165) is 17.0 Å². The summed E-state index contributed by atoms with van der Waals surface area (Å²) < 4.78 is 5.45. The number of nitrogens with one attached hydrogen (secondary N) is 2. The minimum atomic E-state index is -0.131. The lowest BCUT2D eigenvalue weighted by Gasteiger charge is -2.23. The molecule has 0 spiro atoms. The first-order valence-electron chi connectivity index (χ1n) is 7.95. The summed E-state index contributed by atoms with van der Waals surface area (Å²) in [4.78, 5) is 25.8. The van der Waals surface area contributed by atoms with Gasteiger partial charge in [-0.25, -0.2) is 0 Å². The molecule has 0 radical (unpaired) electrons. The minimum Gasteiger partial charge on any atom is -0.468 e. The Morgan fingerprint density at radius 3 is 2.88 bits per heavy atom. The van der Waals surface area contributed by atoms with Crippen LogP contribution in [0.15, 0.2) is 41.0 Å². The van der Waals surface area contributed by atoms with Crippen molar-refractivity contribution in [3.05, 3.63) is 53.5 Å². The second-order valence-electron chi connectivity index (χ2n) is 6.12. The van der Waals surface area contributed by atoms with Gasteiger partial charge in [-0.05, 0) is 56.4 Å². The number of nitrogens with zero attached hydrogens (tertiary/aromatic N) is 1. The smallest absolute Gasteiger partial charge is 0.251 e. The maximum atomic E-state index is 12.4. The lowest BCUT2D eigenvalue weighted by Crippen LogP contribution is -2.34. The van der Waals surface area contributed by atoms with Crippen LogP contribution in [0.1, 0.15) is 34.1 Å². The summed E-state index contributed by atoms with van der Waals surface area (Å²) in [5.74, 6) is 0.702. The zero-order chi connectivity index (χ0) is 17.1. The third kappa shape index (κ3) is 3.49. The van der Waals surface area contributed by atoms with Crippen molar-refractivity contribution in [1.29, 1.82) is 0 Å². The van der Waals surface area contributed by atoms with Crippen molar-refractivity contribution in [2.45, 2.75) is 18.9 Å². The quantitative estimate of drug-likeness (QED) is 0.883. The van der Waals surface area contributed by atoms with E-state index in [1.807, 2.05) is 37.2 Å². The Balaban J connectivity index is 1.68. The van der Waals surface area contributed by atoms with Crippen LogP contribution in [0.5, 0.6) is 0 Å². The van der Waals surface area contributed by atoms with Crippen LogP contribution < -0.4 is 10.6 Å². The molecule has 126 valence electrons. The van der Waals surface area contributed by atoms with Crippen LogP contribution in [0.2, 0.25) is 0 Å². The largest absolute Gasteiger partial charge is 0.468 e. The first-order chi connectivity index (χ1) is 11.5. The fraction of sp³-hybridized carbons (Fsp3) is 0.333. The van der Waals surface area contributed by atoms with E-state index in [4.69, 9.17) is 4.42 Å².